The van der Waals surface area contributed by atoms with E-state index >= 15 is 0 Å². The molecule has 3 nitrogen and oxygen atoms in total. The Kier molecular flexibility index (Phi) is 6.45. The lowest BCUT2D eigenvalue weighted by Crippen LogP contribution is -2.14. The number of benzene rings is 2. The molecule has 0 fully saturated rings. The van der Waals surface area contributed by atoms with Crippen LogP contribution in [0.15, 0.2) is 60.9 Å². The standard InChI is InChI=1S/C20H17Cl2FN2O/c21-16-4-5-20(26-13-17-18(22)2-1-3-19(17)23)15(10-16)12-25-11-14-6-8-24-9-7-14/h1-10,25H,11-13H2. The van der Waals surface area contributed by atoms with Crippen molar-refractivity contribution in [2.75, 3.05) is 0 Å². The van der Waals surface area contributed by atoms with Crippen molar-refractivity contribution in [1.82, 2.24) is 10.3 Å². The van der Waals surface area contributed by atoms with Crippen LogP contribution in [0.5, 0.6) is 5.75 Å². The van der Waals surface area contributed by atoms with Crippen LogP contribution in [0.25, 0.3) is 0 Å². The minimum Gasteiger partial charge on any atom is -0.488 e. The van der Waals surface area contributed by atoms with Crippen LogP contribution in [0.2, 0.25) is 10.0 Å². The molecular formula is C20H17Cl2FN2O. The number of hydrogen-bond donors (Lipinski definition) is 1. The Bertz CT molecular complexity index is 855. The maximum absolute atomic E-state index is 13.9. The van der Waals surface area contributed by atoms with Gasteiger partial charge in [0.15, 0.2) is 0 Å². The molecule has 0 spiro atoms. The van der Waals surface area contributed by atoms with Gasteiger partial charge in [-0.3, -0.25) is 4.98 Å². The Balaban J connectivity index is 1.67. The lowest BCUT2D eigenvalue weighted by Gasteiger charge is -2.14. The number of rotatable bonds is 7. The van der Waals surface area contributed by atoms with Gasteiger partial charge in [0.1, 0.15) is 18.2 Å². The molecule has 6 heteroatoms. The fourth-order valence-electron chi connectivity index (χ4n) is 2.49. The monoisotopic (exact) mass is 390 g/mol. The second-order valence-electron chi connectivity index (χ2n) is 5.70. The van der Waals surface area contributed by atoms with Gasteiger partial charge in [0.05, 0.1) is 5.02 Å². The molecule has 0 aliphatic rings. The molecule has 0 amide bonds. The van der Waals surface area contributed by atoms with Gasteiger partial charge < -0.3 is 10.1 Å². The average molecular weight is 391 g/mol. The van der Waals surface area contributed by atoms with E-state index in [2.05, 4.69) is 10.3 Å². The lowest BCUT2D eigenvalue weighted by atomic mass is 10.2. The maximum atomic E-state index is 13.9. The minimum absolute atomic E-state index is 0.0461. The third-order valence-electron chi connectivity index (χ3n) is 3.85. The van der Waals surface area contributed by atoms with E-state index in [1.165, 1.54) is 6.07 Å². The molecular weight excluding hydrogens is 374 g/mol. The molecule has 0 saturated carbocycles. The quantitative estimate of drug-likeness (QED) is 0.586. The van der Waals surface area contributed by atoms with Gasteiger partial charge in [-0.05, 0) is 48.0 Å². The first-order chi connectivity index (χ1) is 12.6. The largest absolute Gasteiger partial charge is 0.488 e. The van der Waals surface area contributed by atoms with Crippen molar-refractivity contribution in [3.63, 3.8) is 0 Å². The summed E-state index contributed by atoms with van der Waals surface area (Å²) in [5.41, 5.74) is 2.35. The number of ether oxygens (including phenoxy) is 1. The molecule has 0 radical (unpaired) electrons. The van der Waals surface area contributed by atoms with Gasteiger partial charge in [0.25, 0.3) is 0 Å². The summed E-state index contributed by atoms with van der Waals surface area (Å²) in [6, 6.07) is 13.8. The summed E-state index contributed by atoms with van der Waals surface area (Å²) in [7, 11) is 0. The molecule has 0 atom stereocenters. The lowest BCUT2D eigenvalue weighted by molar-refractivity contribution is 0.296. The molecule has 134 valence electrons. The normalized spacial score (nSPS) is 10.7. The molecule has 0 aliphatic heterocycles. The van der Waals surface area contributed by atoms with Crippen LogP contribution in [0.1, 0.15) is 16.7 Å². The highest BCUT2D eigenvalue weighted by molar-refractivity contribution is 6.31. The fraction of sp³-hybridized carbons (Fsp3) is 0.150. The molecule has 26 heavy (non-hydrogen) atoms. The number of nitrogens with zero attached hydrogens (tertiary/aromatic N) is 1. The van der Waals surface area contributed by atoms with Crippen LogP contribution in [-0.4, -0.2) is 4.98 Å². The Hall–Kier alpha value is -2.14. The Morgan fingerprint density at radius 3 is 2.58 bits per heavy atom. The molecule has 2 aromatic carbocycles. The molecule has 0 saturated heterocycles. The first-order valence-corrected chi connectivity index (χ1v) is 8.83. The summed E-state index contributed by atoms with van der Waals surface area (Å²) < 4.78 is 19.7. The van der Waals surface area contributed by atoms with Crippen LogP contribution in [-0.2, 0) is 19.7 Å². The topological polar surface area (TPSA) is 34.1 Å². The molecule has 1 aromatic heterocycles. The van der Waals surface area contributed by atoms with Crippen molar-refractivity contribution in [1.29, 1.82) is 0 Å². The Labute approximate surface area is 161 Å². The van der Waals surface area contributed by atoms with E-state index in [-0.39, 0.29) is 12.4 Å². The third kappa shape index (κ3) is 4.94. The van der Waals surface area contributed by atoms with Crippen LogP contribution < -0.4 is 10.1 Å². The third-order valence-corrected chi connectivity index (χ3v) is 4.44. The zero-order valence-corrected chi connectivity index (χ0v) is 15.4. The van der Waals surface area contributed by atoms with E-state index in [0.29, 0.717) is 34.4 Å². The second kappa shape index (κ2) is 8.99. The van der Waals surface area contributed by atoms with E-state index < -0.39 is 0 Å². The molecule has 1 N–H and O–H groups in total. The van der Waals surface area contributed by atoms with Gasteiger partial charge in [-0.15, -0.1) is 0 Å². The zero-order valence-electron chi connectivity index (χ0n) is 13.9. The first-order valence-electron chi connectivity index (χ1n) is 8.07. The van der Waals surface area contributed by atoms with Crippen LogP contribution >= 0.6 is 23.2 Å². The van der Waals surface area contributed by atoms with Crippen molar-refractivity contribution in [3.8, 4) is 5.75 Å². The molecule has 1 heterocycles. The van der Waals surface area contributed by atoms with Crippen molar-refractivity contribution < 1.29 is 9.13 Å². The van der Waals surface area contributed by atoms with Crippen molar-refractivity contribution in [3.05, 3.63) is 93.5 Å². The molecule has 3 rings (SSSR count). The van der Waals surface area contributed by atoms with Crippen LogP contribution in [0.3, 0.4) is 0 Å². The van der Waals surface area contributed by atoms with Gasteiger partial charge in [-0.1, -0.05) is 29.3 Å². The van der Waals surface area contributed by atoms with Crippen molar-refractivity contribution >= 4 is 23.2 Å². The van der Waals surface area contributed by atoms with Gasteiger partial charge in [0, 0.05) is 41.6 Å². The van der Waals surface area contributed by atoms with E-state index in [4.69, 9.17) is 27.9 Å². The maximum Gasteiger partial charge on any atom is 0.131 e. The fourth-order valence-corrected chi connectivity index (χ4v) is 2.90. The number of hydrogen-bond acceptors (Lipinski definition) is 3. The highest BCUT2D eigenvalue weighted by Gasteiger charge is 2.10. The van der Waals surface area contributed by atoms with Gasteiger partial charge >= 0.3 is 0 Å². The second-order valence-corrected chi connectivity index (χ2v) is 6.54. The van der Waals surface area contributed by atoms with Crippen LogP contribution in [0, 0.1) is 5.82 Å². The highest BCUT2D eigenvalue weighted by atomic mass is 35.5. The molecule has 0 aliphatic carbocycles. The minimum atomic E-state index is -0.385. The van der Waals surface area contributed by atoms with Crippen LogP contribution in [0.4, 0.5) is 4.39 Å². The van der Waals surface area contributed by atoms with E-state index in [9.17, 15) is 4.39 Å². The van der Waals surface area contributed by atoms with Crippen molar-refractivity contribution in [2.45, 2.75) is 19.7 Å². The van der Waals surface area contributed by atoms with Gasteiger partial charge in [-0.2, -0.15) is 0 Å². The molecule has 3 aromatic rings. The van der Waals surface area contributed by atoms with E-state index in [1.54, 1.807) is 36.7 Å². The Morgan fingerprint density at radius 1 is 1.00 bits per heavy atom. The number of aromatic nitrogens is 1. The highest BCUT2D eigenvalue weighted by Crippen LogP contribution is 2.26. The summed E-state index contributed by atoms with van der Waals surface area (Å²) in [5, 5.41) is 4.30. The number of pyridine rings is 1. The zero-order chi connectivity index (χ0) is 18.4. The SMILES string of the molecule is Fc1cccc(Cl)c1COc1ccc(Cl)cc1CNCc1ccncc1. The van der Waals surface area contributed by atoms with Crippen molar-refractivity contribution in [2.24, 2.45) is 0 Å². The Morgan fingerprint density at radius 2 is 1.81 bits per heavy atom. The smallest absolute Gasteiger partial charge is 0.131 e. The van der Waals surface area contributed by atoms with Gasteiger partial charge in [-0.25, -0.2) is 4.39 Å². The first kappa shape index (κ1) is 18.6. The number of halogens is 3. The summed E-state index contributed by atoms with van der Waals surface area (Å²) in [5.74, 6) is 0.250. The van der Waals surface area contributed by atoms with E-state index in [1.807, 2.05) is 18.2 Å². The molecule has 0 unspecified atom stereocenters. The average Bonchev–Trinajstić information content (AvgIpc) is 2.64. The summed E-state index contributed by atoms with van der Waals surface area (Å²) in [6.07, 6.45) is 3.51. The predicted molar refractivity (Wildman–Crippen MR) is 102 cm³/mol. The summed E-state index contributed by atoms with van der Waals surface area (Å²) in [4.78, 5) is 4.00. The van der Waals surface area contributed by atoms with Gasteiger partial charge in [0.2, 0.25) is 0 Å². The summed E-state index contributed by atoms with van der Waals surface area (Å²) in [6.45, 7) is 1.29. The predicted octanol–water partition coefficient (Wildman–Crippen LogP) is 5.40. The van der Waals surface area contributed by atoms with E-state index in [0.717, 1.165) is 11.1 Å². The molecule has 0 bridgehead atoms. The summed E-state index contributed by atoms with van der Waals surface area (Å²) >= 11 is 12.2. The number of nitrogens with one attached hydrogen (secondary N) is 1.